The van der Waals surface area contributed by atoms with Crippen LogP contribution in [0.3, 0.4) is 0 Å². The second kappa shape index (κ2) is 8.96. The molecule has 0 aromatic heterocycles. The fourth-order valence-corrected chi connectivity index (χ4v) is 19.2. The molecule has 0 aromatic carbocycles. The van der Waals surface area contributed by atoms with E-state index < -0.39 is 0 Å². The van der Waals surface area contributed by atoms with E-state index in [9.17, 15) is 0 Å². The predicted molar refractivity (Wildman–Crippen MR) is 124 cm³/mol. The Labute approximate surface area is 168 Å². The number of thiol groups is 1. The Balaban J connectivity index is 3.06. The van der Waals surface area contributed by atoms with Crippen molar-refractivity contribution < 1.29 is 0 Å². The molecule has 0 saturated heterocycles. The molecule has 0 radical (unpaired) electrons. The Morgan fingerprint density at radius 1 is 0.938 bits per heavy atom. The fourth-order valence-electron chi connectivity index (χ4n) is 1.94. The van der Waals surface area contributed by atoms with Crippen LogP contribution in [0, 0.1) is 5.41 Å². The zero-order chi connectivity index (χ0) is 12.3. The number of hydrogen-bond acceptors (Lipinski definition) is 5. The van der Waals surface area contributed by atoms with E-state index in [0.29, 0.717) is 15.9 Å². The van der Waals surface area contributed by atoms with Gasteiger partial charge in [0.2, 0.25) is 0 Å². The predicted octanol–water partition coefficient (Wildman–Crippen LogP) is 6.74. The van der Waals surface area contributed by atoms with Gasteiger partial charge in [-0.05, 0) is 90.6 Å². The Kier molecular flexibility index (Phi) is 10.5. The molecule has 4 unspecified atom stereocenters. The SMILES string of the molecule is CC1(CS)C(SI)C(SI)C(SI)C1SI. The van der Waals surface area contributed by atoms with Crippen molar-refractivity contribution in [3.63, 3.8) is 0 Å². The fraction of sp³-hybridized carbons (Fsp3) is 1.00. The van der Waals surface area contributed by atoms with Crippen molar-refractivity contribution in [2.24, 2.45) is 5.41 Å². The minimum atomic E-state index is 0.340. The molecule has 1 rings (SSSR count). The molecule has 9 heteroatoms. The van der Waals surface area contributed by atoms with Crippen LogP contribution >= 0.6 is 133 Å². The minimum Gasteiger partial charge on any atom is -0.179 e. The van der Waals surface area contributed by atoms with Crippen molar-refractivity contribution in [2.75, 3.05) is 5.75 Å². The highest BCUT2D eigenvalue weighted by Crippen LogP contribution is 2.61. The first-order valence-corrected chi connectivity index (χ1v) is 18.6. The highest BCUT2D eigenvalue weighted by atomic mass is 127. The molecule has 96 valence electrons. The molecule has 0 amide bonds. The maximum absolute atomic E-state index is 4.63. The van der Waals surface area contributed by atoms with Crippen molar-refractivity contribution in [3.05, 3.63) is 0 Å². The van der Waals surface area contributed by atoms with Crippen LogP contribution in [0.5, 0.6) is 0 Å². The van der Waals surface area contributed by atoms with Gasteiger partial charge >= 0.3 is 0 Å². The van der Waals surface area contributed by atoms with Crippen molar-refractivity contribution in [2.45, 2.75) is 27.9 Å². The summed E-state index contributed by atoms with van der Waals surface area (Å²) in [6.07, 6.45) is 0. The van der Waals surface area contributed by atoms with Gasteiger partial charge in [0, 0.05) is 26.4 Å². The third kappa shape index (κ3) is 3.70. The second-order valence-corrected chi connectivity index (χ2v) is 13.0. The first-order chi connectivity index (χ1) is 7.60. The average Bonchev–Trinajstić information content (AvgIpc) is 2.56. The molecule has 1 aliphatic carbocycles. The smallest absolute Gasteiger partial charge is 0.0418 e. The third-order valence-electron chi connectivity index (χ3n) is 2.96. The molecule has 4 atom stereocenters. The van der Waals surface area contributed by atoms with Crippen LogP contribution in [0.25, 0.3) is 0 Å². The normalized spacial score (nSPS) is 43.9. The second-order valence-electron chi connectivity index (χ2n) is 3.79. The van der Waals surface area contributed by atoms with Gasteiger partial charge < -0.3 is 0 Å². The van der Waals surface area contributed by atoms with Crippen molar-refractivity contribution in [1.82, 2.24) is 0 Å². The zero-order valence-electron chi connectivity index (χ0n) is 8.11. The van der Waals surface area contributed by atoms with Gasteiger partial charge in [0.25, 0.3) is 0 Å². The summed E-state index contributed by atoms with van der Waals surface area (Å²) < 4.78 is 0. The van der Waals surface area contributed by atoms with E-state index in [1.165, 1.54) is 0 Å². The summed E-state index contributed by atoms with van der Waals surface area (Å²) in [4.78, 5) is 0. The van der Waals surface area contributed by atoms with Gasteiger partial charge in [-0.2, -0.15) is 12.6 Å². The summed E-state index contributed by atoms with van der Waals surface area (Å²) in [5.41, 5.74) is 0.340. The van der Waals surface area contributed by atoms with E-state index in [1.807, 2.05) is 35.7 Å². The Morgan fingerprint density at radius 3 is 1.50 bits per heavy atom. The van der Waals surface area contributed by atoms with Crippen LogP contribution in [0.1, 0.15) is 6.92 Å². The largest absolute Gasteiger partial charge is 0.179 e. The molecule has 1 saturated carbocycles. The Hall–Kier alpha value is 4.67. The van der Waals surface area contributed by atoms with Crippen LogP contribution in [0.2, 0.25) is 0 Å². The van der Waals surface area contributed by atoms with Crippen molar-refractivity contribution in [1.29, 1.82) is 0 Å². The average molecular weight is 762 g/mol. The topological polar surface area (TPSA) is 0 Å². The van der Waals surface area contributed by atoms with Gasteiger partial charge in [-0.1, -0.05) is 42.7 Å². The highest BCUT2D eigenvalue weighted by Gasteiger charge is 2.57. The molecule has 16 heavy (non-hydrogen) atoms. The molecule has 0 bridgehead atoms. The maximum atomic E-state index is 4.63. The van der Waals surface area contributed by atoms with E-state index in [0.717, 1.165) is 16.3 Å². The number of halogens is 4. The van der Waals surface area contributed by atoms with Crippen molar-refractivity contribution >= 4 is 133 Å². The van der Waals surface area contributed by atoms with Crippen LogP contribution < -0.4 is 0 Å². The lowest BCUT2D eigenvalue weighted by Gasteiger charge is -2.33. The van der Waals surface area contributed by atoms with E-state index in [4.69, 9.17) is 0 Å². The number of hydrogen-bond donors (Lipinski definition) is 1. The lowest BCUT2D eigenvalue weighted by molar-refractivity contribution is 0.421. The maximum Gasteiger partial charge on any atom is 0.0418 e. The van der Waals surface area contributed by atoms with Gasteiger partial charge in [0.1, 0.15) is 0 Å². The molecular formula is C7H10I4S5. The monoisotopic (exact) mass is 762 g/mol. The van der Waals surface area contributed by atoms with E-state index >= 15 is 0 Å². The third-order valence-corrected chi connectivity index (χ3v) is 14.6. The first-order valence-electron chi connectivity index (χ1n) is 4.31. The molecule has 0 aromatic rings. The standard InChI is InChI=1S/C7H10I4S5/c1-7(2-12)5(15-10)3(13-8)4(14-9)6(7)16-11/h3-6,12H,2H2,1H3. The molecular weight excluding hydrogens is 752 g/mol. The first kappa shape index (κ1) is 18.7. The molecule has 0 nitrogen and oxygen atoms in total. The van der Waals surface area contributed by atoms with E-state index in [2.05, 4.69) is 104 Å². The summed E-state index contributed by atoms with van der Waals surface area (Å²) in [5.74, 6) is 0.982. The van der Waals surface area contributed by atoms with Gasteiger partial charge in [0.05, 0.1) is 0 Å². The van der Waals surface area contributed by atoms with Gasteiger partial charge in [0.15, 0.2) is 0 Å². The van der Waals surface area contributed by atoms with E-state index in [-0.39, 0.29) is 0 Å². The molecule has 0 aliphatic heterocycles. The highest BCUT2D eigenvalue weighted by molar-refractivity contribution is 14.2. The van der Waals surface area contributed by atoms with Crippen LogP contribution in [-0.2, 0) is 0 Å². The van der Waals surface area contributed by atoms with Crippen LogP contribution in [0.4, 0.5) is 0 Å². The quantitative estimate of drug-likeness (QED) is 0.244. The van der Waals surface area contributed by atoms with Gasteiger partial charge in [-0.25, -0.2) is 0 Å². The van der Waals surface area contributed by atoms with Gasteiger partial charge in [-0.15, -0.1) is 0 Å². The van der Waals surface area contributed by atoms with Crippen LogP contribution in [-0.4, -0.2) is 26.8 Å². The number of rotatable bonds is 5. The van der Waals surface area contributed by atoms with E-state index in [1.54, 1.807) is 0 Å². The summed E-state index contributed by atoms with van der Waals surface area (Å²) in [6, 6.07) is 0. The molecule has 0 heterocycles. The van der Waals surface area contributed by atoms with Gasteiger partial charge in [-0.3, -0.25) is 0 Å². The summed E-state index contributed by atoms with van der Waals surface area (Å²) in [7, 11) is 8.00. The van der Waals surface area contributed by atoms with Crippen molar-refractivity contribution in [3.8, 4) is 0 Å². The lowest BCUT2D eigenvalue weighted by Crippen LogP contribution is -2.36. The molecule has 1 fully saturated rings. The zero-order valence-corrected chi connectivity index (χ0v) is 20.9. The molecule has 0 N–H and O–H groups in total. The molecule has 0 spiro atoms. The summed E-state index contributed by atoms with van der Waals surface area (Å²) in [6.45, 7) is 2.42. The Bertz CT molecular complexity index is 213. The van der Waals surface area contributed by atoms with Crippen LogP contribution in [0.15, 0.2) is 0 Å². The lowest BCUT2D eigenvalue weighted by atomic mass is 9.90. The minimum absolute atomic E-state index is 0.340. The molecule has 1 aliphatic rings. The summed E-state index contributed by atoms with van der Waals surface area (Å²) in [5, 5.41) is 2.86. The summed E-state index contributed by atoms with van der Waals surface area (Å²) >= 11 is 14.5. The Morgan fingerprint density at radius 2 is 1.31 bits per heavy atom.